The van der Waals surface area contributed by atoms with Crippen molar-refractivity contribution in [3.05, 3.63) is 72.9 Å². The zero-order chi connectivity index (χ0) is 38.9. The van der Waals surface area contributed by atoms with E-state index in [1.54, 1.807) is 0 Å². The van der Waals surface area contributed by atoms with Crippen molar-refractivity contribution in [2.45, 2.75) is 161 Å². The molecule has 0 aliphatic carbocycles. The minimum atomic E-state index is -4.39. The van der Waals surface area contributed by atoms with Crippen molar-refractivity contribution >= 4 is 19.8 Å². The lowest BCUT2D eigenvalue weighted by molar-refractivity contribution is -0.161. The summed E-state index contributed by atoms with van der Waals surface area (Å²) in [6, 6.07) is 0. The average molecular weight is 764 g/mol. The number of hydrogen-bond acceptors (Lipinski definition) is 8. The average Bonchev–Trinajstić information content (AvgIpc) is 3.14. The van der Waals surface area contributed by atoms with Gasteiger partial charge in [0.05, 0.1) is 13.2 Å². The van der Waals surface area contributed by atoms with Crippen LogP contribution in [0, 0.1) is 0 Å². The van der Waals surface area contributed by atoms with E-state index in [4.69, 9.17) is 24.3 Å². The lowest BCUT2D eigenvalue weighted by Crippen LogP contribution is -2.29. The second-order valence-electron chi connectivity index (χ2n) is 13.1. The molecule has 0 radical (unpaired) electrons. The fourth-order valence-corrected chi connectivity index (χ4v) is 5.77. The van der Waals surface area contributed by atoms with Crippen molar-refractivity contribution in [2.24, 2.45) is 5.73 Å². The Morgan fingerprint density at radius 2 is 1.02 bits per heavy atom. The number of phosphoric acid groups is 1. The van der Waals surface area contributed by atoms with Crippen LogP contribution in [0.1, 0.15) is 155 Å². The van der Waals surface area contributed by atoms with Crippen molar-refractivity contribution in [1.82, 2.24) is 0 Å². The second-order valence-corrected chi connectivity index (χ2v) is 14.6. The molecule has 0 aliphatic heterocycles. The molecule has 0 aromatic heterocycles. The molecule has 0 amide bonds. The molecule has 0 aliphatic rings. The van der Waals surface area contributed by atoms with Gasteiger partial charge in [0.2, 0.25) is 0 Å². The van der Waals surface area contributed by atoms with Crippen molar-refractivity contribution in [3.8, 4) is 0 Å². The Morgan fingerprint density at radius 1 is 0.566 bits per heavy atom. The van der Waals surface area contributed by atoms with E-state index in [-0.39, 0.29) is 32.6 Å². The molecule has 9 nitrogen and oxygen atoms in total. The summed E-state index contributed by atoms with van der Waals surface area (Å²) in [4.78, 5) is 34.8. The highest BCUT2D eigenvalue weighted by atomic mass is 31.2. The molecule has 3 N–H and O–H groups in total. The summed E-state index contributed by atoms with van der Waals surface area (Å²) in [7, 11) is -4.39. The molecular weight excluding hydrogens is 689 g/mol. The van der Waals surface area contributed by atoms with E-state index in [1.165, 1.54) is 44.9 Å². The van der Waals surface area contributed by atoms with Gasteiger partial charge < -0.3 is 20.1 Å². The maximum Gasteiger partial charge on any atom is 0.472 e. The molecule has 0 saturated carbocycles. The maximum absolute atomic E-state index is 12.5. The summed E-state index contributed by atoms with van der Waals surface area (Å²) >= 11 is 0. The number of unbranched alkanes of at least 4 members (excludes halogenated alkanes) is 12. The molecule has 0 aromatic rings. The molecule has 0 fully saturated rings. The molecule has 2 atom stereocenters. The molecule has 0 spiro atoms. The SMILES string of the molecule is CCC/C=C/C/C=C/C/C=C/C/C=C/CCCCCC(=O)OC[C@H](COP(=O)(O)OCCN)OC(=O)CCCC/C=C/C/C=C/CCCCCCCC. The van der Waals surface area contributed by atoms with Gasteiger partial charge in [0.15, 0.2) is 6.10 Å². The zero-order valence-corrected chi connectivity index (χ0v) is 34.1. The Morgan fingerprint density at radius 3 is 1.57 bits per heavy atom. The van der Waals surface area contributed by atoms with Crippen LogP contribution in [0.3, 0.4) is 0 Å². The number of allylic oxidation sites excluding steroid dienone is 12. The monoisotopic (exact) mass is 764 g/mol. The third-order valence-electron chi connectivity index (χ3n) is 8.05. The molecular formula is C43H74NO8P. The number of rotatable bonds is 37. The van der Waals surface area contributed by atoms with E-state index >= 15 is 0 Å². The minimum Gasteiger partial charge on any atom is -0.462 e. The molecule has 0 heterocycles. The van der Waals surface area contributed by atoms with Crippen LogP contribution in [0.4, 0.5) is 0 Å². The highest BCUT2D eigenvalue weighted by Crippen LogP contribution is 2.43. The predicted octanol–water partition coefficient (Wildman–Crippen LogP) is 11.5. The fraction of sp³-hybridized carbons (Fsp3) is 0.674. The van der Waals surface area contributed by atoms with Gasteiger partial charge in [-0.05, 0) is 83.5 Å². The Kier molecular flexibility index (Phi) is 37.3. The largest absolute Gasteiger partial charge is 0.472 e. The Hall–Kier alpha value is -2.55. The van der Waals surface area contributed by atoms with E-state index < -0.39 is 32.5 Å². The van der Waals surface area contributed by atoms with Gasteiger partial charge in [-0.2, -0.15) is 0 Å². The summed E-state index contributed by atoms with van der Waals surface area (Å²) in [5.74, 6) is -0.911. The number of carbonyl (C=O) groups excluding carboxylic acids is 2. The summed E-state index contributed by atoms with van der Waals surface area (Å²) in [6.07, 6.45) is 46.5. The topological polar surface area (TPSA) is 134 Å². The summed E-state index contributed by atoms with van der Waals surface area (Å²) in [5.41, 5.74) is 5.33. The van der Waals surface area contributed by atoms with Gasteiger partial charge in [0, 0.05) is 19.4 Å². The number of phosphoric ester groups is 1. The van der Waals surface area contributed by atoms with Crippen molar-refractivity contribution in [1.29, 1.82) is 0 Å². The second kappa shape index (κ2) is 39.2. The number of carbonyl (C=O) groups is 2. The molecule has 10 heteroatoms. The Bertz CT molecular complexity index is 1100. The van der Waals surface area contributed by atoms with Gasteiger partial charge in [-0.3, -0.25) is 18.6 Å². The third-order valence-corrected chi connectivity index (χ3v) is 9.03. The number of nitrogens with two attached hydrogens (primary N) is 1. The first kappa shape index (κ1) is 50.5. The lowest BCUT2D eigenvalue weighted by Gasteiger charge is -2.19. The van der Waals surface area contributed by atoms with Crippen molar-refractivity contribution in [2.75, 3.05) is 26.4 Å². The summed E-state index contributed by atoms with van der Waals surface area (Å²) in [5, 5.41) is 0. The van der Waals surface area contributed by atoms with Crippen LogP contribution < -0.4 is 5.73 Å². The van der Waals surface area contributed by atoms with Crippen LogP contribution in [0.15, 0.2) is 72.9 Å². The van der Waals surface area contributed by atoms with Gasteiger partial charge in [-0.25, -0.2) is 4.57 Å². The van der Waals surface area contributed by atoms with E-state index in [1.807, 2.05) is 0 Å². The third kappa shape index (κ3) is 39.0. The maximum atomic E-state index is 12.5. The molecule has 53 heavy (non-hydrogen) atoms. The van der Waals surface area contributed by atoms with Crippen LogP contribution in [-0.4, -0.2) is 49.3 Å². The summed E-state index contributed by atoms with van der Waals surface area (Å²) < 4.78 is 32.6. The van der Waals surface area contributed by atoms with Gasteiger partial charge in [-0.1, -0.05) is 132 Å². The fourth-order valence-electron chi connectivity index (χ4n) is 5.01. The van der Waals surface area contributed by atoms with Gasteiger partial charge >= 0.3 is 19.8 Å². The standard InChI is InChI=1S/C43H74NO8P/c1-3-5-7-9-11-13-15-17-19-20-22-23-25-27-29-31-33-35-42(45)49-39-41(40-51-53(47,48)50-38-37-44)52-43(46)36-34-32-30-28-26-24-21-18-16-14-12-10-8-6-4-2/h7,9,13,15,18-21,23,25-26,28,41H,3-6,8,10-12,14,16-17,22,24,27,29-40,44H2,1-2H3,(H,47,48)/b9-7+,15-13+,20-19+,21-18+,25-23+,28-26+/t41-/m1/s1. The first-order valence-corrected chi connectivity index (χ1v) is 21.9. The predicted molar refractivity (Wildman–Crippen MR) is 219 cm³/mol. The minimum absolute atomic E-state index is 0.0402. The van der Waals surface area contributed by atoms with E-state index in [0.717, 1.165) is 70.6 Å². The van der Waals surface area contributed by atoms with Crippen LogP contribution in [0.2, 0.25) is 0 Å². The number of esters is 2. The van der Waals surface area contributed by atoms with Crippen molar-refractivity contribution < 1.29 is 37.6 Å². The van der Waals surface area contributed by atoms with Crippen LogP contribution in [0.25, 0.3) is 0 Å². The quantitative estimate of drug-likeness (QED) is 0.0274. The van der Waals surface area contributed by atoms with Gasteiger partial charge in [0.1, 0.15) is 6.61 Å². The molecule has 0 aromatic carbocycles. The number of hydrogen-bond donors (Lipinski definition) is 2. The molecule has 0 rings (SSSR count). The molecule has 1 unspecified atom stereocenters. The van der Waals surface area contributed by atoms with Crippen LogP contribution >= 0.6 is 7.82 Å². The summed E-state index contributed by atoms with van der Waals surface area (Å²) in [6.45, 7) is 3.56. The highest BCUT2D eigenvalue weighted by Gasteiger charge is 2.25. The smallest absolute Gasteiger partial charge is 0.462 e. The lowest BCUT2D eigenvalue weighted by atomic mass is 10.1. The Labute approximate surface area is 322 Å². The van der Waals surface area contributed by atoms with Gasteiger partial charge in [-0.15, -0.1) is 0 Å². The molecule has 304 valence electrons. The Balaban J connectivity index is 4.32. The van der Waals surface area contributed by atoms with Crippen molar-refractivity contribution in [3.63, 3.8) is 0 Å². The van der Waals surface area contributed by atoms with E-state index in [0.29, 0.717) is 12.8 Å². The van der Waals surface area contributed by atoms with E-state index in [2.05, 4.69) is 86.8 Å². The molecule has 0 saturated heterocycles. The number of ether oxygens (including phenoxy) is 2. The van der Waals surface area contributed by atoms with Crippen LogP contribution in [-0.2, 0) is 32.7 Å². The van der Waals surface area contributed by atoms with Gasteiger partial charge in [0.25, 0.3) is 0 Å². The molecule has 0 bridgehead atoms. The van der Waals surface area contributed by atoms with Crippen LogP contribution in [0.5, 0.6) is 0 Å². The first-order valence-electron chi connectivity index (χ1n) is 20.4. The normalized spacial score (nSPS) is 14.1. The zero-order valence-electron chi connectivity index (χ0n) is 33.2. The van der Waals surface area contributed by atoms with E-state index in [9.17, 15) is 19.0 Å². The highest BCUT2D eigenvalue weighted by molar-refractivity contribution is 7.47. The first-order chi connectivity index (χ1) is 25.8.